The summed E-state index contributed by atoms with van der Waals surface area (Å²) in [6.07, 6.45) is 2.47. The number of carboxylic acids is 1. The Labute approximate surface area is 147 Å². The molecule has 1 atom stereocenters. The van der Waals surface area contributed by atoms with Crippen LogP contribution in [0.5, 0.6) is 5.75 Å². The van der Waals surface area contributed by atoms with Crippen molar-refractivity contribution >= 4 is 23.5 Å². The summed E-state index contributed by atoms with van der Waals surface area (Å²) in [7, 11) is 1.58. The molecule has 136 valence electrons. The third-order valence-corrected chi connectivity index (χ3v) is 4.25. The number of amides is 2. The van der Waals surface area contributed by atoms with Crippen LogP contribution in [0.3, 0.4) is 0 Å². The molecule has 2 rings (SSSR count). The highest BCUT2D eigenvalue weighted by molar-refractivity contribution is 6.00. The van der Waals surface area contributed by atoms with Gasteiger partial charge in [0, 0.05) is 31.6 Å². The quantitative estimate of drug-likeness (QED) is 0.664. The van der Waals surface area contributed by atoms with Gasteiger partial charge >= 0.3 is 5.97 Å². The molecule has 1 unspecified atom stereocenters. The van der Waals surface area contributed by atoms with Gasteiger partial charge in [0.05, 0.1) is 13.0 Å². The Morgan fingerprint density at radius 2 is 1.96 bits per heavy atom. The van der Waals surface area contributed by atoms with Crippen molar-refractivity contribution in [2.24, 2.45) is 5.92 Å². The van der Waals surface area contributed by atoms with Crippen molar-refractivity contribution in [3.63, 3.8) is 0 Å². The van der Waals surface area contributed by atoms with Gasteiger partial charge in [-0.15, -0.1) is 0 Å². The molecule has 25 heavy (non-hydrogen) atoms. The Balaban J connectivity index is 1.76. The van der Waals surface area contributed by atoms with Gasteiger partial charge in [-0.1, -0.05) is 6.42 Å². The molecule has 1 aliphatic heterocycles. The molecule has 0 aliphatic carbocycles. The van der Waals surface area contributed by atoms with Crippen LogP contribution in [0.15, 0.2) is 24.3 Å². The molecule has 0 saturated carbocycles. The predicted octanol–water partition coefficient (Wildman–Crippen LogP) is 1.81. The van der Waals surface area contributed by atoms with E-state index in [2.05, 4.69) is 5.32 Å². The maximum absolute atomic E-state index is 12.2. The van der Waals surface area contributed by atoms with E-state index in [-0.39, 0.29) is 30.6 Å². The van der Waals surface area contributed by atoms with E-state index >= 15 is 0 Å². The Hall–Kier alpha value is -2.57. The van der Waals surface area contributed by atoms with Gasteiger partial charge in [-0.25, -0.2) is 0 Å². The molecule has 1 aliphatic rings. The summed E-state index contributed by atoms with van der Waals surface area (Å²) >= 11 is 0. The average Bonchev–Trinajstić information content (AvgIpc) is 2.99. The largest absolute Gasteiger partial charge is 0.497 e. The summed E-state index contributed by atoms with van der Waals surface area (Å²) in [4.78, 5) is 36.4. The van der Waals surface area contributed by atoms with E-state index in [1.165, 1.54) is 0 Å². The lowest BCUT2D eigenvalue weighted by Crippen LogP contribution is -2.33. The lowest BCUT2D eigenvalue weighted by Gasteiger charge is -2.17. The van der Waals surface area contributed by atoms with Crippen molar-refractivity contribution in [1.29, 1.82) is 0 Å². The van der Waals surface area contributed by atoms with Crippen LogP contribution in [0, 0.1) is 5.92 Å². The molecule has 1 aromatic rings. The number of carboxylic acid groups (broad SMARTS) is 1. The highest BCUT2D eigenvalue weighted by Gasteiger charge is 2.34. The van der Waals surface area contributed by atoms with Crippen molar-refractivity contribution in [2.75, 3.05) is 25.1 Å². The lowest BCUT2D eigenvalue weighted by molar-refractivity contribution is -0.137. The lowest BCUT2D eigenvalue weighted by atomic mass is 10.1. The third-order valence-electron chi connectivity index (χ3n) is 4.25. The summed E-state index contributed by atoms with van der Waals surface area (Å²) in [6.45, 7) is 0.877. The number of carbonyl (C=O) groups excluding carboxylic acids is 2. The Morgan fingerprint density at radius 1 is 1.24 bits per heavy atom. The highest BCUT2D eigenvalue weighted by Crippen LogP contribution is 2.26. The summed E-state index contributed by atoms with van der Waals surface area (Å²) in [5.41, 5.74) is 0.759. The van der Waals surface area contributed by atoms with Gasteiger partial charge in [0.15, 0.2) is 0 Å². The molecule has 2 amide bonds. The summed E-state index contributed by atoms with van der Waals surface area (Å²) in [5, 5.41) is 11.4. The number of ether oxygens (including phenoxy) is 1. The van der Waals surface area contributed by atoms with E-state index < -0.39 is 5.97 Å². The zero-order valence-electron chi connectivity index (χ0n) is 14.4. The first-order valence-corrected chi connectivity index (χ1v) is 8.45. The van der Waals surface area contributed by atoms with Gasteiger partial charge in [-0.3, -0.25) is 14.4 Å². The molecule has 0 aromatic heterocycles. The number of carbonyl (C=O) groups is 3. The van der Waals surface area contributed by atoms with Gasteiger partial charge in [-0.2, -0.15) is 0 Å². The Kier molecular flexibility index (Phi) is 6.80. The number of anilines is 1. The number of benzene rings is 1. The second-order valence-corrected chi connectivity index (χ2v) is 6.10. The molecule has 0 radical (unpaired) electrons. The first-order chi connectivity index (χ1) is 12.0. The predicted molar refractivity (Wildman–Crippen MR) is 92.6 cm³/mol. The normalized spacial score (nSPS) is 16.8. The number of nitrogens with one attached hydrogen (secondary N) is 1. The maximum atomic E-state index is 12.2. The topological polar surface area (TPSA) is 95.9 Å². The first-order valence-electron chi connectivity index (χ1n) is 8.45. The maximum Gasteiger partial charge on any atom is 0.303 e. The summed E-state index contributed by atoms with van der Waals surface area (Å²) in [6, 6.07) is 7.18. The zero-order chi connectivity index (χ0) is 18.2. The van der Waals surface area contributed by atoms with Crippen LogP contribution in [-0.4, -0.2) is 43.1 Å². The smallest absolute Gasteiger partial charge is 0.303 e. The van der Waals surface area contributed by atoms with Gasteiger partial charge in [0.2, 0.25) is 11.8 Å². The van der Waals surface area contributed by atoms with Crippen LogP contribution >= 0.6 is 0 Å². The van der Waals surface area contributed by atoms with Gasteiger partial charge in [0.1, 0.15) is 5.75 Å². The van der Waals surface area contributed by atoms with Gasteiger partial charge < -0.3 is 20.1 Å². The van der Waals surface area contributed by atoms with Crippen LogP contribution in [0.1, 0.15) is 32.1 Å². The number of hydrogen-bond donors (Lipinski definition) is 2. The van der Waals surface area contributed by atoms with Crippen LogP contribution < -0.4 is 15.0 Å². The second kappa shape index (κ2) is 9.05. The average molecular weight is 348 g/mol. The molecule has 7 heteroatoms. The summed E-state index contributed by atoms with van der Waals surface area (Å²) < 4.78 is 5.10. The standard InChI is InChI=1S/C18H24N2O5/c1-25-15-8-6-14(7-9-15)20-12-13(11-16(20)21)18(24)19-10-4-2-3-5-17(22)23/h6-9,13H,2-5,10-12H2,1H3,(H,19,24)(H,22,23). The minimum Gasteiger partial charge on any atom is -0.497 e. The Bertz CT molecular complexity index is 614. The fourth-order valence-electron chi connectivity index (χ4n) is 2.83. The number of aliphatic carboxylic acids is 1. The van der Waals surface area contributed by atoms with Crippen LogP contribution in [0.4, 0.5) is 5.69 Å². The van der Waals surface area contributed by atoms with Gasteiger partial charge in [0.25, 0.3) is 0 Å². The van der Waals surface area contributed by atoms with Crippen molar-refractivity contribution < 1.29 is 24.2 Å². The molecule has 1 saturated heterocycles. The molecule has 1 fully saturated rings. The summed E-state index contributed by atoms with van der Waals surface area (Å²) in [5.74, 6) is -0.622. The van der Waals surface area contributed by atoms with E-state index in [1.807, 2.05) is 0 Å². The minimum absolute atomic E-state index is 0.0632. The molecule has 1 aromatic carbocycles. The van der Waals surface area contributed by atoms with Crippen molar-refractivity contribution in [1.82, 2.24) is 5.32 Å². The van der Waals surface area contributed by atoms with Crippen molar-refractivity contribution in [2.45, 2.75) is 32.1 Å². The molecular weight excluding hydrogens is 324 g/mol. The molecule has 2 N–H and O–H groups in total. The van der Waals surface area contributed by atoms with E-state index in [1.54, 1.807) is 36.3 Å². The Morgan fingerprint density at radius 3 is 2.60 bits per heavy atom. The number of methoxy groups -OCH3 is 1. The van der Waals surface area contributed by atoms with E-state index in [4.69, 9.17) is 9.84 Å². The van der Waals surface area contributed by atoms with E-state index in [9.17, 15) is 14.4 Å². The minimum atomic E-state index is -0.799. The molecule has 0 spiro atoms. The van der Waals surface area contributed by atoms with E-state index in [0.717, 1.165) is 18.5 Å². The fourth-order valence-corrected chi connectivity index (χ4v) is 2.83. The van der Waals surface area contributed by atoms with Crippen LogP contribution in [0.25, 0.3) is 0 Å². The molecule has 1 heterocycles. The number of hydrogen-bond acceptors (Lipinski definition) is 4. The first kappa shape index (κ1) is 18.8. The molecule has 7 nitrogen and oxygen atoms in total. The van der Waals surface area contributed by atoms with Crippen molar-refractivity contribution in [3.8, 4) is 5.75 Å². The SMILES string of the molecule is COc1ccc(N2CC(C(=O)NCCCCCC(=O)O)CC2=O)cc1. The number of rotatable bonds is 9. The van der Waals surface area contributed by atoms with E-state index in [0.29, 0.717) is 25.3 Å². The monoisotopic (exact) mass is 348 g/mol. The van der Waals surface area contributed by atoms with Crippen LogP contribution in [-0.2, 0) is 14.4 Å². The third kappa shape index (κ3) is 5.48. The highest BCUT2D eigenvalue weighted by atomic mass is 16.5. The van der Waals surface area contributed by atoms with Crippen molar-refractivity contribution in [3.05, 3.63) is 24.3 Å². The van der Waals surface area contributed by atoms with Gasteiger partial charge in [-0.05, 0) is 37.1 Å². The van der Waals surface area contributed by atoms with Crippen LogP contribution in [0.2, 0.25) is 0 Å². The zero-order valence-corrected chi connectivity index (χ0v) is 14.4. The number of nitrogens with zero attached hydrogens (tertiary/aromatic N) is 1. The fraction of sp³-hybridized carbons (Fsp3) is 0.500. The second-order valence-electron chi connectivity index (χ2n) is 6.10. The molecule has 0 bridgehead atoms. The molecular formula is C18H24N2O5. The number of unbranched alkanes of at least 4 members (excludes halogenated alkanes) is 2.